The number of para-hydroxylation sites is 2. The van der Waals surface area contributed by atoms with Crippen molar-refractivity contribution in [3.8, 4) is 5.75 Å². The Hall–Kier alpha value is -3.86. The Kier molecular flexibility index (Phi) is 5.35. The van der Waals surface area contributed by atoms with Crippen molar-refractivity contribution in [2.24, 2.45) is 0 Å². The number of amides is 2. The molecule has 0 spiro atoms. The van der Waals surface area contributed by atoms with Gasteiger partial charge in [-0.25, -0.2) is 0 Å². The minimum absolute atomic E-state index is 0.214. The highest BCUT2D eigenvalue weighted by Crippen LogP contribution is 2.33. The SMILES string of the molecule is COc1ccccc1NC1=C(c2ccccc2)C(=O)N(Cc2ccc(C)cc2)C1=O. The van der Waals surface area contributed by atoms with Crippen LogP contribution in [0.25, 0.3) is 5.57 Å². The molecule has 3 aromatic rings. The van der Waals surface area contributed by atoms with E-state index in [0.717, 1.165) is 11.1 Å². The molecule has 0 bridgehead atoms. The first-order valence-corrected chi connectivity index (χ1v) is 9.70. The standard InChI is InChI=1S/C25H22N2O3/c1-17-12-14-18(15-13-17)16-27-24(28)22(19-8-4-3-5-9-19)23(25(27)29)26-20-10-6-7-11-21(20)30-2/h3-15,26H,16H2,1-2H3. The first-order chi connectivity index (χ1) is 14.6. The van der Waals surface area contributed by atoms with E-state index in [9.17, 15) is 9.59 Å². The van der Waals surface area contributed by atoms with Crippen molar-refractivity contribution in [1.82, 2.24) is 4.90 Å². The molecule has 0 saturated heterocycles. The number of benzene rings is 3. The van der Waals surface area contributed by atoms with Gasteiger partial charge in [0.2, 0.25) is 0 Å². The fourth-order valence-electron chi connectivity index (χ4n) is 3.47. The van der Waals surface area contributed by atoms with Crippen molar-refractivity contribution in [3.63, 3.8) is 0 Å². The molecule has 2 amide bonds. The summed E-state index contributed by atoms with van der Waals surface area (Å²) in [5.74, 6) is -0.0795. The number of anilines is 1. The van der Waals surface area contributed by atoms with Crippen LogP contribution in [0.4, 0.5) is 5.69 Å². The summed E-state index contributed by atoms with van der Waals surface area (Å²) in [7, 11) is 1.57. The minimum atomic E-state index is -0.356. The third-order valence-corrected chi connectivity index (χ3v) is 5.06. The van der Waals surface area contributed by atoms with Gasteiger partial charge in [-0.3, -0.25) is 14.5 Å². The highest BCUT2D eigenvalue weighted by atomic mass is 16.5. The van der Waals surface area contributed by atoms with E-state index < -0.39 is 0 Å². The van der Waals surface area contributed by atoms with E-state index in [4.69, 9.17) is 4.74 Å². The van der Waals surface area contributed by atoms with Crippen LogP contribution in [0.2, 0.25) is 0 Å². The smallest absolute Gasteiger partial charge is 0.278 e. The molecule has 3 aromatic carbocycles. The van der Waals surface area contributed by atoms with Gasteiger partial charge in [-0.05, 0) is 30.2 Å². The Morgan fingerprint density at radius 2 is 1.50 bits per heavy atom. The molecule has 150 valence electrons. The maximum Gasteiger partial charge on any atom is 0.278 e. The Morgan fingerprint density at radius 3 is 2.20 bits per heavy atom. The molecule has 0 atom stereocenters. The second-order valence-electron chi connectivity index (χ2n) is 7.12. The molecular weight excluding hydrogens is 376 g/mol. The van der Waals surface area contributed by atoms with Gasteiger partial charge in [0, 0.05) is 0 Å². The first kappa shape index (κ1) is 19.5. The minimum Gasteiger partial charge on any atom is -0.495 e. The molecule has 5 nitrogen and oxygen atoms in total. The van der Waals surface area contributed by atoms with Gasteiger partial charge in [0.1, 0.15) is 11.4 Å². The number of nitrogens with one attached hydrogen (secondary N) is 1. The van der Waals surface area contributed by atoms with Gasteiger partial charge in [-0.2, -0.15) is 0 Å². The molecule has 0 radical (unpaired) electrons. The number of ether oxygens (including phenoxy) is 1. The third-order valence-electron chi connectivity index (χ3n) is 5.06. The van der Waals surface area contributed by atoms with Crippen LogP contribution in [0.15, 0.2) is 84.6 Å². The summed E-state index contributed by atoms with van der Waals surface area (Å²) in [5, 5.41) is 3.16. The number of rotatable bonds is 6. The van der Waals surface area contributed by atoms with Crippen LogP contribution < -0.4 is 10.1 Å². The molecule has 30 heavy (non-hydrogen) atoms. The Balaban J connectivity index is 1.74. The second kappa shape index (κ2) is 8.25. The highest BCUT2D eigenvalue weighted by Gasteiger charge is 2.39. The van der Waals surface area contributed by atoms with Crippen LogP contribution in [0.3, 0.4) is 0 Å². The molecule has 0 unspecified atom stereocenters. The van der Waals surface area contributed by atoms with Crippen LogP contribution in [-0.4, -0.2) is 23.8 Å². The summed E-state index contributed by atoms with van der Waals surface area (Å²) in [6.45, 7) is 2.21. The Labute approximate surface area is 175 Å². The van der Waals surface area contributed by atoms with Crippen LogP contribution in [0.5, 0.6) is 5.75 Å². The zero-order valence-electron chi connectivity index (χ0n) is 16.9. The van der Waals surface area contributed by atoms with Crippen LogP contribution in [0, 0.1) is 6.92 Å². The van der Waals surface area contributed by atoms with Crippen LogP contribution in [-0.2, 0) is 16.1 Å². The number of methoxy groups -OCH3 is 1. The molecular formula is C25H22N2O3. The molecule has 1 aliphatic rings. The van der Waals surface area contributed by atoms with E-state index in [-0.39, 0.29) is 24.1 Å². The maximum absolute atomic E-state index is 13.3. The molecule has 0 aliphatic carbocycles. The first-order valence-electron chi connectivity index (χ1n) is 9.70. The third kappa shape index (κ3) is 3.70. The van der Waals surface area contributed by atoms with Gasteiger partial charge < -0.3 is 10.1 Å². The number of hydrogen-bond acceptors (Lipinski definition) is 4. The van der Waals surface area contributed by atoms with Crippen molar-refractivity contribution < 1.29 is 14.3 Å². The molecule has 0 saturated carbocycles. The average Bonchev–Trinajstić information content (AvgIpc) is 3.00. The lowest BCUT2D eigenvalue weighted by atomic mass is 10.0. The number of hydrogen-bond donors (Lipinski definition) is 1. The predicted octanol–water partition coefficient (Wildman–Crippen LogP) is 4.40. The summed E-state index contributed by atoms with van der Waals surface area (Å²) in [4.78, 5) is 27.9. The van der Waals surface area contributed by atoms with E-state index >= 15 is 0 Å². The zero-order valence-corrected chi connectivity index (χ0v) is 16.9. The largest absolute Gasteiger partial charge is 0.495 e. The summed E-state index contributed by atoms with van der Waals surface area (Å²) in [6, 6.07) is 24.4. The fraction of sp³-hybridized carbons (Fsp3) is 0.120. The van der Waals surface area contributed by atoms with Gasteiger partial charge in [-0.15, -0.1) is 0 Å². The van der Waals surface area contributed by atoms with E-state index in [1.165, 1.54) is 4.90 Å². The monoisotopic (exact) mass is 398 g/mol. The van der Waals surface area contributed by atoms with E-state index in [2.05, 4.69) is 5.32 Å². The quantitative estimate of drug-likeness (QED) is 0.626. The van der Waals surface area contributed by atoms with E-state index in [1.807, 2.05) is 79.7 Å². The number of aryl methyl sites for hydroxylation is 1. The van der Waals surface area contributed by atoms with Crippen molar-refractivity contribution >= 4 is 23.1 Å². The molecule has 0 aromatic heterocycles. The van der Waals surface area contributed by atoms with Crippen LogP contribution in [0.1, 0.15) is 16.7 Å². The van der Waals surface area contributed by atoms with Crippen molar-refractivity contribution in [3.05, 3.63) is 101 Å². The number of carbonyl (C=O) groups excluding carboxylic acids is 2. The molecule has 5 heteroatoms. The number of carbonyl (C=O) groups is 2. The van der Waals surface area contributed by atoms with Gasteiger partial charge in [-0.1, -0.05) is 72.3 Å². The topological polar surface area (TPSA) is 58.6 Å². The Bertz CT molecular complexity index is 1120. The number of imide groups is 1. The lowest BCUT2D eigenvalue weighted by Crippen LogP contribution is -2.32. The fourth-order valence-corrected chi connectivity index (χ4v) is 3.47. The summed E-state index contributed by atoms with van der Waals surface area (Å²) >= 11 is 0. The van der Waals surface area contributed by atoms with Gasteiger partial charge in [0.15, 0.2) is 0 Å². The summed E-state index contributed by atoms with van der Waals surface area (Å²) in [6.07, 6.45) is 0. The van der Waals surface area contributed by atoms with E-state index in [0.29, 0.717) is 22.6 Å². The van der Waals surface area contributed by atoms with Gasteiger partial charge >= 0.3 is 0 Å². The van der Waals surface area contributed by atoms with Crippen molar-refractivity contribution in [2.75, 3.05) is 12.4 Å². The molecule has 1 heterocycles. The lowest BCUT2D eigenvalue weighted by Gasteiger charge is -2.16. The lowest BCUT2D eigenvalue weighted by molar-refractivity contribution is -0.137. The van der Waals surface area contributed by atoms with Gasteiger partial charge in [0.25, 0.3) is 11.8 Å². The summed E-state index contributed by atoms with van der Waals surface area (Å²) < 4.78 is 5.40. The highest BCUT2D eigenvalue weighted by molar-refractivity contribution is 6.36. The normalized spacial score (nSPS) is 13.7. The molecule has 0 fully saturated rings. The second-order valence-corrected chi connectivity index (χ2v) is 7.12. The zero-order chi connectivity index (χ0) is 21.1. The average molecular weight is 398 g/mol. The molecule has 1 aliphatic heterocycles. The molecule has 4 rings (SSSR count). The summed E-state index contributed by atoms with van der Waals surface area (Å²) in [5.41, 5.74) is 3.95. The molecule has 1 N–H and O–H groups in total. The van der Waals surface area contributed by atoms with Crippen molar-refractivity contribution in [1.29, 1.82) is 0 Å². The Morgan fingerprint density at radius 1 is 0.833 bits per heavy atom. The van der Waals surface area contributed by atoms with Gasteiger partial charge in [0.05, 0.1) is 24.9 Å². The number of nitrogens with zero attached hydrogens (tertiary/aromatic N) is 1. The van der Waals surface area contributed by atoms with Crippen molar-refractivity contribution in [2.45, 2.75) is 13.5 Å². The predicted molar refractivity (Wildman–Crippen MR) is 117 cm³/mol. The maximum atomic E-state index is 13.3. The van der Waals surface area contributed by atoms with Crippen LogP contribution >= 0.6 is 0 Å². The van der Waals surface area contributed by atoms with E-state index in [1.54, 1.807) is 13.2 Å².